The average Bonchev–Trinajstić information content (AvgIpc) is 3.02. The third kappa shape index (κ3) is 3.82. The molecule has 2 heterocycles. The van der Waals surface area contributed by atoms with Crippen molar-refractivity contribution in [2.75, 3.05) is 7.11 Å². The summed E-state index contributed by atoms with van der Waals surface area (Å²) in [5, 5.41) is 3.97. The van der Waals surface area contributed by atoms with Gasteiger partial charge in [-0.2, -0.15) is 4.98 Å². The molecule has 0 aliphatic carbocycles. The van der Waals surface area contributed by atoms with Crippen LogP contribution in [0.25, 0.3) is 0 Å². The molecular formula is C16H16N4O3. The summed E-state index contributed by atoms with van der Waals surface area (Å²) >= 11 is 0. The minimum Gasteiger partial charge on any atom is -0.497 e. The summed E-state index contributed by atoms with van der Waals surface area (Å²) in [6.07, 6.45) is 4.01. The molecule has 0 fully saturated rings. The van der Waals surface area contributed by atoms with E-state index in [1.54, 1.807) is 7.11 Å². The molecule has 0 aliphatic heterocycles. The lowest BCUT2D eigenvalue weighted by atomic mass is 10.1. The van der Waals surface area contributed by atoms with Crippen molar-refractivity contribution in [3.8, 4) is 5.75 Å². The predicted molar refractivity (Wildman–Crippen MR) is 82.3 cm³/mol. The average molecular weight is 312 g/mol. The monoisotopic (exact) mass is 312 g/mol. The van der Waals surface area contributed by atoms with Crippen LogP contribution >= 0.6 is 0 Å². The molecule has 0 amide bonds. The zero-order chi connectivity index (χ0) is 16.1. The zero-order valence-corrected chi connectivity index (χ0v) is 12.7. The highest BCUT2D eigenvalue weighted by molar-refractivity contribution is 5.30. The summed E-state index contributed by atoms with van der Waals surface area (Å²) in [5.74, 6) is 1.90. The molecule has 0 saturated carbocycles. The number of nitrogens with zero attached hydrogens (tertiary/aromatic N) is 4. The third-order valence-electron chi connectivity index (χ3n) is 3.37. The van der Waals surface area contributed by atoms with Crippen molar-refractivity contribution in [2.45, 2.75) is 19.4 Å². The summed E-state index contributed by atoms with van der Waals surface area (Å²) in [4.78, 5) is 19.9. The van der Waals surface area contributed by atoms with Crippen LogP contribution in [0.4, 0.5) is 0 Å². The summed E-state index contributed by atoms with van der Waals surface area (Å²) < 4.78 is 11.9. The molecule has 0 radical (unpaired) electrons. The first-order chi connectivity index (χ1) is 11.2. The Morgan fingerprint density at radius 2 is 2.22 bits per heavy atom. The van der Waals surface area contributed by atoms with E-state index in [1.807, 2.05) is 24.3 Å². The second-order valence-electron chi connectivity index (χ2n) is 4.99. The van der Waals surface area contributed by atoms with E-state index in [1.165, 1.54) is 23.2 Å². The lowest BCUT2D eigenvalue weighted by Gasteiger charge is -2.01. The van der Waals surface area contributed by atoms with Crippen LogP contribution in [-0.2, 0) is 19.4 Å². The zero-order valence-electron chi connectivity index (χ0n) is 12.7. The second-order valence-corrected chi connectivity index (χ2v) is 4.99. The van der Waals surface area contributed by atoms with E-state index in [9.17, 15) is 4.79 Å². The van der Waals surface area contributed by atoms with Crippen molar-refractivity contribution < 1.29 is 9.26 Å². The second kappa shape index (κ2) is 6.87. The topological polar surface area (TPSA) is 83.0 Å². The van der Waals surface area contributed by atoms with Gasteiger partial charge in [-0.05, 0) is 17.7 Å². The molecule has 0 bridgehead atoms. The Balaban J connectivity index is 1.64. The molecule has 0 saturated heterocycles. The van der Waals surface area contributed by atoms with Gasteiger partial charge in [-0.25, -0.2) is 4.98 Å². The van der Waals surface area contributed by atoms with Gasteiger partial charge in [0.05, 0.1) is 13.4 Å². The molecule has 2 aromatic heterocycles. The molecule has 1 aromatic carbocycles. The Kier molecular flexibility index (Phi) is 4.46. The van der Waals surface area contributed by atoms with Gasteiger partial charge in [0.2, 0.25) is 5.89 Å². The number of benzene rings is 1. The molecule has 0 unspecified atom stereocenters. The molecule has 7 heteroatoms. The van der Waals surface area contributed by atoms with Gasteiger partial charge >= 0.3 is 0 Å². The molecule has 7 nitrogen and oxygen atoms in total. The number of methoxy groups -OCH3 is 1. The maximum absolute atomic E-state index is 11.6. The number of rotatable bonds is 6. The maximum atomic E-state index is 11.6. The molecule has 0 aliphatic rings. The van der Waals surface area contributed by atoms with Gasteiger partial charge in [0, 0.05) is 31.6 Å². The Bertz CT molecular complexity index is 841. The van der Waals surface area contributed by atoms with Crippen LogP contribution in [-0.4, -0.2) is 26.8 Å². The molecule has 23 heavy (non-hydrogen) atoms. The molecule has 0 N–H and O–H groups in total. The summed E-state index contributed by atoms with van der Waals surface area (Å²) in [7, 11) is 1.63. The summed E-state index contributed by atoms with van der Waals surface area (Å²) in [6, 6.07) is 9.14. The van der Waals surface area contributed by atoms with Crippen LogP contribution in [0.3, 0.4) is 0 Å². The smallest absolute Gasteiger partial charge is 0.253 e. The van der Waals surface area contributed by atoms with Crippen LogP contribution in [0.15, 0.2) is 52.2 Å². The van der Waals surface area contributed by atoms with Crippen molar-refractivity contribution in [1.29, 1.82) is 0 Å². The fourth-order valence-corrected chi connectivity index (χ4v) is 2.19. The van der Waals surface area contributed by atoms with E-state index in [0.717, 1.165) is 11.3 Å². The SMILES string of the molecule is COc1cccc(Cc2noc(CCn3cnccc3=O)n2)c1. The van der Waals surface area contributed by atoms with Crippen LogP contribution < -0.4 is 10.3 Å². The number of aromatic nitrogens is 4. The maximum Gasteiger partial charge on any atom is 0.253 e. The van der Waals surface area contributed by atoms with Crippen LogP contribution in [0.5, 0.6) is 5.75 Å². The van der Waals surface area contributed by atoms with Gasteiger partial charge in [0.25, 0.3) is 5.56 Å². The molecule has 3 rings (SSSR count). The van der Waals surface area contributed by atoms with E-state index in [-0.39, 0.29) is 5.56 Å². The van der Waals surface area contributed by atoms with Crippen molar-refractivity contribution in [3.05, 3.63) is 70.5 Å². The van der Waals surface area contributed by atoms with Gasteiger partial charge in [0.1, 0.15) is 5.75 Å². The fourth-order valence-electron chi connectivity index (χ4n) is 2.19. The Morgan fingerprint density at radius 1 is 1.30 bits per heavy atom. The van der Waals surface area contributed by atoms with Crippen molar-refractivity contribution in [3.63, 3.8) is 0 Å². The highest BCUT2D eigenvalue weighted by Crippen LogP contribution is 2.15. The quantitative estimate of drug-likeness (QED) is 0.685. The van der Waals surface area contributed by atoms with Crippen LogP contribution in [0.2, 0.25) is 0 Å². The molecule has 0 spiro atoms. The van der Waals surface area contributed by atoms with Gasteiger partial charge in [0.15, 0.2) is 5.82 Å². The van der Waals surface area contributed by atoms with E-state index < -0.39 is 0 Å². The van der Waals surface area contributed by atoms with Gasteiger partial charge < -0.3 is 9.26 Å². The Labute approximate surface area is 132 Å². The Morgan fingerprint density at radius 3 is 3.04 bits per heavy atom. The minimum atomic E-state index is -0.101. The van der Waals surface area contributed by atoms with Gasteiger partial charge in [-0.15, -0.1) is 0 Å². The first kappa shape index (κ1) is 15.0. The van der Waals surface area contributed by atoms with E-state index in [2.05, 4.69) is 15.1 Å². The van der Waals surface area contributed by atoms with Gasteiger partial charge in [-0.3, -0.25) is 9.36 Å². The molecule has 118 valence electrons. The number of hydrogen-bond acceptors (Lipinski definition) is 6. The first-order valence-corrected chi connectivity index (χ1v) is 7.19. The number of ether oxygens (including phenoxy) is 1. The lowest BCUT2D eigenvalue weighted by Crippen LogP contribution is -2.19. The first-order valence-electron chi connectivity index (χ1n) is 7.19. The Hall–Kier alpha value is -2.96. The largest absolute Gasteiger partial charge is 0.497 e. The van der Waals surface area contributed by atoms with Crippen molar-refractivity contribution in [2.24, 2.45) is 0 Å². The van der Waals surface area contributed by atoms with E-state index in [4.69, 9.17) is 9.26 Å². The van der Waals surface area contributed by atoms with Crippen molar-refractivity contribution in [1.82, 2.24) is 19.7 Å². The molecule has 3 aromatic rings. The summed E-state index contributed by atoms with van der Waals surface area (Å²) in [6.45, 7) is 0.452. The van der Waals surface area contributed by atoms with E-state index >= 15 is 0 Å². The predicted octanol–water partition coefficient (Wildman–Crippen LogP) is 1.47. The third-order valence-corrected chi connectivity index (χ3v) is 3.37. The standard InChI is InChI=1S/C16H16N4O3/c1-22-13-4-2-3-12(9-13)10-14-18-15(23-19-14)6-8-20-11-17-7-5-16(20)21/h2-5,7,9,11H,6,8,10H2,1H3. The van der Waals surface area contributed by atoms with Crippen LogP contribution in [0.1, 0.15) is 17.3 Å². The highest BCUT2D eigenvalue weighted by atomic mass is 16.5. The minimum absolute atomic E-state index is 0.101. The van der Waals surface area contributed by atoms with Crippen LogP contribution in [0, 0.1) is 0 Å². The number of aryl methyl sites for hydroxylation is 2. The van der Waals surface area contributed by atoms with E-state index in [0.29, 0.717) is 31.1 Å². The summed E-state index contributed by atoms with van der Waals surface area (Å²) in [5.41, 5.74) is 0.941. The van der Waals surface area contributed by atoms with Gasteiger partial charge in [-0.1, -0.05) is 17.3 Å². The lowest BCUT2D eigenvalue weighted by molar-refractivity contribution is 0.366. The fraction of sp³-hybridized carbons (Fsp3) is 0.250. The molecular weight excluding hydrogens is 296 g/mol. The molecule has 0 atom stereocenters. The highest BCUT2D eigenvalue weighted by Gasteiger charge is 2.08. The normalized spacial score (nSPS) is 10.7. The number of hydrogen-bond donors (Lipinski definition) is 0. The van der Waals surface area contributed by atoms with Crippen molar-refractivity contribution >= 4 is 0 Å².